The normalized spacial score (nSPS) is 10.6. The fraction of sp³-hybridized carbons (Fsp3) is 0.238. The molecule has 0 saturated carbocycles. The summed E-state index contributed by atoms with van der Waals surface area (Å²) in [5.41, 5.74) is 3.30. The number of aromatic nitrogens is 1. The molecule has 0 aliphatic heterocycles. The molecule has 140 valence electrons. The van der Waals surface area contributed by atoms with E-state index >= 15 is 0 Å². The number of rotatable bonds is 7. The molecule has 0 fully saturated rings. The number of hydrogen-bond donors (Lipinski definition) is 1. The maximum atomic E-state index is 12.6. The average Bonchev–Trinajstić information content (AvgIpc) is 2.99. The van der Waals surface area contributed by atoms with Crippen LogP contribution in [0, 0.1) is 13.8 Å². The number of nitrogens with one attached hydrogen (secondary N) is 1. The first-order valence-electron chi connectivity index (χ1n) is 8.71. The number of ether oxygens (including phenoxy) is 1. The summed E-state index contributed by atoms with van der Waals surface area (Å²) in [5.74, 6) is 1.08. The van der Waals surface area contributed by atoms with Crippen molar-refractivity contribution in [2.24, 2.45) is 0 Å². The maximum Gasteiger partial charge on any atom is 0.255 e. The molecule has 1 N–H and O–H groups in total. The highest BCUT2D eigenvalue weighted by Crippen LogP contribution is 2.21. The first kappa shape index (κ1) is 19.0. The Morgan fingerprint density at radius 2 is 1.89 bits per heavy atom. The average molecular weight is 385 g/mol. The molecule has 1 aromatic heterocycles. The molecule has 6 heteroatoms. The summed E-state index contributed by atoms with van der Waals surface area (Å²) >= 11 is 5.89. The van der Waals surface area contributed by atoms with E-state index in [0.29, 0.717) is 29.5 Å². The molecular weight excluding hydrogens is 364 g/mol. The lowest BCUT2D eigenvalue weighted by molar-refractivity contribution is 0.0949. The van der Waals surface area contributed by atoms with Crippen LogP contribution in [-0.2, 0) is 13.0 Å². The molecule has 1 heterocycles. The van der Waals surface area contributed by atoms with Crippen LogP contribution in [0.3, 0.4) is 0 Å². The van der Waals surface area contributed by atoms with Crippen molar-refractivity contribution < 1.29 is 14.1 Å². The van der Waals surface area contributed by atoms with Gasteiger partial charge >= 0.3 is 0 Å². The first-order chi connectivity index (χ1) is 13.0. The Balaban J connectivity index is 1.60. The van der Waals surface area contributed by atoms with Crippen LogP contribution in [-0.4, -0.2) is 17.6 Å². The first-order valence-corrected chi connectivity index (χ1v) is 9.08. The number of nitrogens with zero attached hydrogens (tertiary/aromatic N) is 1. The van der Waals surface area contributed by atoms with Crippen LogP contribution in [0.25, 0.3) is 0 Å². The molecule has 0 aliphatic rings. The van der Waals surface area contributed by atoms with Crippen molar-refractivity contribution in [2.75, 3.05) is 6.54 Å². The van der Waals surface area contributed by atoms with Gasteiger partial charge in [-0.15, -0.1) is 0 Å². The number of carbonyl (C=O) groups excluding carboxylic acids is 1. The second-order valence-electron chi connectivity index (χ2n) is 6.22. The third-order valence-electron chi connectivity index (χ3n) is 4.30. The molecule has 27 heavy (non-hydrogen) atoms. The van der Waals surface area contributed by atoms with E-state index in [-0.39, 0.29) is 5.91 Å². The summed E-state index contributed by atoms with van der Waals surface area (Å²) in [6.07, 6.45) is 0.727. The quantitative estimate of drug-likeness (QED) is 0.651. The standard InChI is InChI=1S/C21H21ClN2O3/c1-14-19(15(2)27-24-14)13-26-20-6-4-3-5-18(20)21(25)23-12-11-16-7-9-17(22)10-8-16/h3-10H,11-13H2,1-2H3,(H,23,25). The van der Waals surface area contributed by atoms with Crippen molar-refractivity contribution in [3.63, 3.8) is 0 Å². The van der Waals surface area contributed by atoms with Gasteiger partial charge in [0.15, 0.2) is 0 Å². The predicted octanol–water partition coefficient (Wildman–Crippen LogP) is 4.50. The number of benzene rings is 2. The SMILES string of the molecule is Cc1noc(C)c1COc1ccccc1C(=O)NCCc1ccc(Cl)cc1. The summed E-state index contributed by atoms with van der Waals surface area (Å²) in [6.45, 7) is 4.54. The lowest BCUT2D eigenvalue weighted by Gasteiger charge is -2.12. The molecule has 3 aromatic rings. The molecule has 0 bridgehead atoms. The van der Waals surface area contributed by atoms with E-state index in [9.17, 15) is 4.79 Å². The summed E-state index contributed by atoms with van der Waals surface area (Å²) in [6, 6.07) is 14.8. The third-order valence-corrected chi connectivity index (χ3v) is 4.55. The number of carbonyl (C=O) groups is 1. The summed E-state index contributed by atoms with van der Waals surface area (Å²) in [7, 11) is 0. The molecule has 3 rings (SSSR count). The highest BCUT2D eigenvalue weighted by molar-refractivity contribution is 6.30. The van der Waals surface area contributed by atoms with Crippen LogP contribution in [0.1, 0.15) is 32.9 Å². The number of para-hydroxylation sites is 1. The molecule has 5 nitrogen and oxygen atoms in total. The predicted molar refractivity (Wildman–Crippen MR) is 104 cm³/mol. The van der Waals surface area contributed by atoms with Crippen LogP contribution in [0.15, 0.2) is 53.1 Å². The van der Waals surface area contributed by atoms with Gasteiger partial charge in [0.1, 0.15) is 18.1 Å². The van der Waals surface area contributed by atoms with Crippen molar-refractivity contribution in [1.29, 1.82) is 0 Å². The zero-order valence-electron chi connectivity index (χ0n) is 15.3. The molecular formula is C21H21ClN2O3. The molecule has 1 amide bonds. The van der Waals surface area contributed by atoms with Gasteiger partial charge in [0.2, 0.25) is 0 Å². The minimum Gasteiger partial charge on any atom is -0.488 e. The summed E-state index contributed by atoms with van der Waals surface area (Å²) in [5, 5.41) is 7.55. The molecule has 0 aliphatic carbocycles. The van der Waals surface area contributed by atoms with Crippen molar-refractivity contribution in [3.8, 4) is 5.75 Å². The second kappa shape index (κ2) is 8.73. The lowest BCUT2D eigenvalue weighted by Crippen LogP contribution is -2.26. The van der Waals surface area contributed by atoms with Gasteiger partial charge < -0.3 is 14.6 Å². The largest absolute Gasteiger partial charge is 0.488 e. The van der Waals surface area contributed by atoms with Crippen molar-refractivity contribution in [2.45, 2.75) is 26.9 Å². The Morgan fingerprint density at radius 1 is 1.15 bits per heavy atom. The van der Waals surface area contributed by atoms with Gasteiger partial charge in [-0.3, -0.25) is 4.79 Å². The maximum absolute atomic E-state index is 12.6. The molecule has 0 unspecified atom stereocenters. The van der Waals surface area contributed by atoms with Gasteiger partial charge in [0.05, 0.1) is 16.8 Å². The smallest absolute Gasteiger partial charge is 0.255 e. The summed E-state index contributed by atoms with van der Waals surface area (Å²) < 4.78 is 11.0. The van der Waals surface area contributed by atoms with E-state index in [1.165, 1.54) is 0 Å². The Kier molecular flexibility index (Phi) is 6.14. The van der Waals surface area contributed by atoms with E-state index in [1.54, 1.807) is 12.1 Å². The monoisotopic (exact) mass is 384 g/mol. The number of hydrogen-bond acceptors (Lipinski definition) is 4. The van der Waals surface area contributed by atoms with E-state index in [2.05, 4.69) is 10.5 Å². The van der Waals surface area contributed by atoms with Crippen molar-refractivity contribution in [3.05, 3.63) is 81.7 Å². The van der Waals surface area contributed by atoms with E-state index < -0.39 is 0 Å². The zero-order valence-corrected chi connectivity index (χ0v) is 16.0. The molecule has 0 atom stereocenters. The van der Waals surface area contributed by atoms with Gasteiger partial charge in [0, 0.05) is 11.6 Å². The fourth-order valence-electron chi connectivity index (χ4n) is 2.70. The van der Waals surface area contributed by atoms with Crippen LogP contribution in [0.2, 0.25) is 5.02 Å². The van der Waals surface area contributed by atoms with Gasteiger partial charge in [0.25, 0.3) is 5.91 Å². The van der Waals surface area contributed by atoms with Crippen LogP contribution in [0.5, 0.6) is 5.75 Å². The lowest BCUT2D eigenvalue weighted by atomic mass is 10.1. The molecule has 0 spiro atoms. The Hall–Kier alpha value is -2.79. The molecule has 0 saturated heterocycles. The minimum atomic E-state index is -0.168. The zero-order chi connectivity index (χ0) is 19.2. The highest BCUT2D eigenvalue weighted by atomic mass is 35.5. The Bertz CT molecular complexity index is 900. The Morgan fingerprint density at radius 3 is 2.59 bits per heavy atom. The Labute approximate surface area is 163 Å². The van der Waals surface area contributed by atoms with E-state index in [1.807, 2.05) is 50.2 Å². The number of halogens is 1. The fourth-order valence-corrected chi connectivity index (χ4v) is 2.83. The summed E-state index contributed by atoms with van der Waals surface area (Å²) in [4.78, 5) is 12.6. The minimum absolute atomic E-state index is 0.168. The van der Waals surface area contributed by atoms with E-state index in [4.69, 9.17) is 20.9 Å². The van der Waals surface area contributed by atoms with Crippen LogP contribution in [0.4, 0.5) is 0 Å². The van der Waals surface area contributed by atoms with Gasteiger partial charge in [-0.1, -0.05) is 41.0 Å². The number of amides is 1. The highest BCUT2D eigenvalue weighted by Gasteiger charge is 2.14. The van der Waals surface area contributed by atoms with Crippen molar-refractivity contribution >= 4 is 17.5 Å². The van der Waals surface area contributed by atoms with Gasteiger partial charge in [-0.25, -0.2) is 0 Å². The van der Waals surface area contributed by atoms with Crippen molar-refractivity contribution in [1.82, 2.24) is 10.5 Å². The third kappa shape index (κ3) is 4.89. The molecule has 2 aromatic carbocycles. The van der Waals surface area contributed by atoms with Crippen LogP contribution >= 0.6 is 11.6 Å². The number of aryl methyl sites for hydroxylation is 2. The van der Waals surface area contributed by atoms with E-state index in [0.717, 1.165) is 29.0 Å². The van der Waals surface area contributed by atoms with Crippen LogP contribution < -0.4 is 10.1 Å². The second-order valence-corrected chi connectivity index (χ2v) is 6.66. The molecule has 0 radical (unpaired) electrons. The van der Waals surface area contributed by atoms with Gasteiger partial charge in [-0.05, 0) is 50.1 Å². The topological polar surface area (TPSA) is 64.4 Å². The van der Waals surface area contributed by atoms with Gasteiger partial charge in [-0.2, -0.15) is 0 Å².